The second-order valence-electron chi connectivity index (χ2n) is 5.10. The van der Waals surface area contributed by atoms with Crippen molar-refractivity contribution in [2.24, 2.45) is 7.05 Å². The van der Waals surface area contributed by atoms with Gasteiger partial charge in [-0.1, -0.05) is 6.92 Å². The molecule has 0 spiro atoms. The van der Waals surface area contributed by atoms with E-state index in [0.29, 0.717) is 5.76 Å². The minimum absolute atomic E-state index is 0.206. The molecular formula is C16H21N3O4. The normalized spacial score (nSPS) is 12.0. The number of amides is 2. The Hall–Kier alpha value is -2.54. The van der Waals surface area contributed by atoms with Crippen LogP contribution >= 0.6 is 0 Å². The second kappa shape index (κ2) is 7.64. The Labute approximate surface area is 134 Å². The zero-order valence-electron chi connectivity index (χ0n) is 13.5. The lowest BCUT2D eigenvalue weighted by Crippen LogP contribution is -2.36. The number of aryl methyl sites for hydroxylation is 2. The largest absolute Gasteiger partial charge is 0.464 e. The number of methoxy groups -OCH3 is 1. The molecule has 0 aromatic carbocycles. The van der Waals surface area contributed by atoms with E-state index in [9.17, 15) is 9.59 Å². The number of nitrogens with zero attached hydrogens (tertiary/aromatic N) is 1. The number of urea groups is 1. The zero-order valence-corrected chi connectivity index (χ0v) is 13.5. The van der Waals surface area contributed by atoms with Crippen molar-refractivity contribution in [1.82, 2.24) is 9.88 Å². The predicted molar refractivity (Wildman–Crippen MR) is 86.5 cm³/mol. The van der Waals surface area contributed by atoms with E-state index in [0.717, 1.165) is 12.2 Å². The van der Waals surface area contributed by atoms with Gasteiger partial charge in [-0.3, -0.25) is 4.79 Å². The van der Waals surface area contributed by atoms with Gasteiger partial charge in [0.2, 0.25) is 0 Å². The maximum Gasteiger partial charge on any atom is 0.320 e. The van der Waals surface area contributed by atoms with Crippen LogP contribution in [0.5, 0.6) is 0 Å². The van der Waals surface area contributed by atoms with E-state index in [1.807, 2.05) is 19.1 Å². The van der Waals surface area contributed by atoms with E-state index >= 15 is 0 Å². The molecule has 124 valence electrons. The number of carbonyl (C=O) groups is 1. The quantitative estimate of drug-likeness (QED) is 0.853. The monoisotopic (exact) mass is 319 g/mol. The molecule has 2 N–H and O–H groups in total. The molecule has 7 nitrogen and oxygen atoms in total. The first-order valence-electron chi connectivity index (χ1n) is 7.35. The topological polar surface area (TPSA) is 85.5 Å². The molecule has 0 saturated carbocycles. The molecular weight excluding hydrogens is 298 g/mol. The van der Waals surface area contributed by atoms with Crippen LogP contribution in [0, 0.1) is 0 Å². The van der Waals surface area contributed by atoms with Crippen LogP contribution in [0.1, 0.15) is 24.5 Å². The van der Waals surface area contributed by atoms with E-state index in [-0.39, 0.29) is 17.9 Å². The first-order chi connectivity index (χ1) is 11.0. The summed E-state index contributed by atoms with van der Waals surface area (Å²) in [4.78, 5) is 24.0. The van der Waals surface area contributed by atoms with Crippen molar-refractivity contribution >= 4 is 11.7 Å². The van der Waals surface area contributed by atoms with Crippen LogP contribution in [0.25, 0.3) is 0 Å². The summed E-state index contributed by atoms with van der Waals surface area (Å²) in [5.74, 6) is 1.44. The van der Waals surface area contributed by atoms with Crippen molar-refractivity contribution in [3.63, 3.8) is 0 Å². The zero-order chi connectivity index (χ0) is 16.8. The van der Waals surface area contributed by atoms with E-state index < -0.39 is 12.1 Å². The summed E-state index contributed by atoms with van der Waals surface area (Å²) in [6, 6.07) is 5.98. The van der Waals surface area contributed by atoms with Gasteiger partial charge >= 0.3 is 6.03 Å². The van der Waals surface area contributed by atoms with Gasteiger partial charge in [0, 0.05) is 26.8 Å². The van der Waals surface area contributed by atoms with Crippen molar-refractivity contribution in [2.45, 2.75) is 19.4 Å². The summed E-state index contributed by atoms with van der Waals surface area (Å²) in [5, 5.41) is 5.30. The van der Waals surface area contributed by atoms with E-state index in [4.69, 9.17) is 9.15 Å². The van der Waals surface area contributed by atoms with Crippen LogP contribution in [0.15, 0.2) is 39.7 Å². The van der Waals surface area contributed by atoms with Crippen LogP contribution < -0.4 is 16.2 Å². The van der Waals surface area contributed by atoms with Crippen LogP contribution in [0.2, 0.25) is 0 Å². The molecule has 0 fully saturated rings. The molecule has 2 aromatic rings. The summed E-state index contributed by atoms with van der Waals surface area (Å²) in [6.45, 7) is 2.25. The Kier molecular flexibility index (Phi) is 5.59. The molecule has 2 rings (SSSR count). The molecule has 0 aliphatic heterocycles. The van der Waals surface area contributed by atoms with Crippen molar-refractivity contribution in [3.05, 3.63) is 52.3 Å². The highest BCUT2D eigenvalue weighted by atomic mass is 16.5. The number of ether oxygens (including phenoxy) is 1. The molecule has 0 unspecified atom stereocenters. The van der Waals surface area contributed by atoms with Crippen LogP contribution in [0.3, 0.4) is 0 Å². The van der Waals surface area contributed by atoms with Gasteiger partial charge in [0.15, 0.2) is 0 Å². The minimum Gasteiger partial charge on any atom is -0.464 e. The molecule has 0 radical (unpaired) electrons. The van der Waals surface area contributed by atoms with Gasteiger partial charge in [0.1, 0.15) is 23.2 Å². The Morgan fingerprint density at radius 1 is 1.39 bits per heavy atom. The summed E-state index contributed by atoms with van der Waals surface area (Å²) in [5.41, 5.74) is -0.0745. The molecule has 1 atom stereocenters. The third kappa shape index (κ3) is 4.23. The number of pyridine rings is 1. The third-order valence-corrected chi connectivity index (χ3v) is 3.38. The maximum atomic E-state index is 12.1. The number of nitrogens with one attached hydrogen (secondary N) is 2. The number of aromatic nitrogens is 1. The standard InChI is InChI=1S/C16H21N3O4/c1-4-11-7-8-14(23-11)13(10-22-3)18-16(21)17-12-6-5-9-19(2)15(12)20/h5-9,13H,4,10H2,1-3H3,(H2,17,18,21)/t13-/m1/s1. The summed E-state index contributed by atoms with van der Waals surface area (Å²) in [6.07, 6.45) is 2.39. The fourth-order valence-corrected chi connectivity index (χ4v) is 2.14. The molecule has 0 saturated heterocycles. The van der Waals surface area contributed by atoms with Crippen molar-refractivity contribution < 1.29 is 13.9 Å². The van der Waals surface area contributed by atoms with Crippen LogP contribution in [-0.2, 0) is 18.2 Å². The molecule has 2 aromatic heterocycles. The average molecular weight is 319 g/mol. The van der Waals surface area contributed by atoms with E-state index in [1.54, 1.807) is 32.5 Å². The maximum absolute atomic E-state index is 12.1. The van der Waals surface area contributed by atoms with Gasteiger partial charge in [-0.2, -0.15) is 0 Å². The van der Waals surface area contributed by atoms with Gasteiger partial charge in [-0.25, -0.2) is 4.79 Å². The number of hydrogen-bond acceptors (Lipinski definition) is 4. The Morgan fingerprint density at radius 2 is 2.17 bits per heavy atom. The average Bonchev–Trinajstić information content (AvgIpc) is 3.00. The summed E-state index contributed by atoms with van der Waals surface area (Å²) in [7, 11) is 3.16. The van der Waals surface area contributed by atoms with Crippen LogP contribution in [0.4, 0.5) is 10.5 Å². The molecule has 0 aliphatic rings. The molecule has 0 bridgehead atoms. The Bertz CT molecular complexity index is 720. The van der Waals surface area contributed by atoms with Crippen LogP contribution in [-0.4, -0.2) is 24.3 Å². The first-order valence-corrected chi connectivity index (χ1v) is 7.35. The van der Waals surface area contributed by atoms with Gasteiger partial charge in [-0.15, -0.1) is 0 Å². The fourth-order valence-electron chi connectivity index (χ4n) is 2.14. The van der Waals surface area contributed by atoms with E-state index in [2.05, 4.69) is 10.6 Å². The Morgan fingerprint density at radius 3 is 2.83 bits per heavy atom. The fraction of sp³-hybridized carbons (Fsp3) is 0.375. The minimum atomic E-state index is -0.496. The highest BCUT2D eigenvalue weighted by Gasteiger charge is 2.18. The highest BCUT2D eigenvalue weighted by Crippen LogP contribution is 2.17. The lowest BCUT2D eigenvalue weighted by Gasteiger charge is -2.16. The number of hydrogen-bond donors (Lipinski definition) is 2. The Balaban J connectivity index is 2.08. The highest BCUT2D eigenvalue weighted by molar-refractivity contribution is 5.89. The molecule has 2 amide bonds. The van der Waals surface area contributed by atoms with Gasteiger partial charge in [0.05, 0.1) is 6.61 Å². The van der Waals surface area contributed by atoms with E-state index in [1.165, 1.54) is 4.57 Å². The molecule has 23 heavy (non-hydrogen) atoms. The molecule has 0 aliphatic carbocycles. The van der Waals surface area contributed by atoms with Gasteiger partial charge in [-0.05, 0) is 24.3 Å². The van der Waals surface area contributed by atoms with Crippen molar-refractivity contribution in [2.75, 3.05) is 19.0 Å². The number of anilines is 1. The molecule has 2 heterocycles. The SMILES string of the molecule is CCc1ccc([C@@H](COC)NC(=O)Nc2cccn(C)c2=O)o1. The van der Waals surface area contributed by atoms with Crippen molar-refractivity contribution in [1.29, 1.82) is 0 Å². The molecule has 7 heteroatoms. The van der Waals surface area contributed by atoms with Gasteiger partial charge < -0.3 is 24.4 Å². The smallest absolute Gasteiger partial charge is 0.320 e. The summed E-state index contributed by atoms with van der Waals surface area (Å²) < 4.78 is 12.2. The lowest BCUT2D eigenvalue weighted by atomic mass is 10.2. The second-order valence-corrected chi connectivity index (χ2v) is 5.10. The number of rotatable bonds is 6. The lowest BCUT2D eigenvalue weighted by molar-refractivity contribution is 0.158. The number of furan rings is 1. The van der Waals surface area contributed by atoms with Gasteiger partial charge in [0.25, 0.3) is 5.56 Å². The third-order valence-electron chi connectivity index (χ3n) is 3.38. The first kappa shape index (κ1) is 16.8. The predicted octanol–water partition coefficient (Wildman–Crippen LogP) is 2.05. The summed E-state index contributed by atoms with van der Waals surface area (Å²) >= 11 is 0. The number of carbonyl (C=O) groups excluding carboxylic acids is 1. The van der Waals surface area contributed by atoms with Crippen molar-refractivity contribution in [3.8, 4) is 0 Å².